The van der Waals surface area contributed by atoms with E-state index in [9.17, 15) is 65.9 Å². The molecule has 0 unspecified atom stereocenters. The molecule has 4 N–H and O–H groups in total. The topological polar surface area (TPSA) is 259 Å². The van der Waals surface area contributed by atoms with Crippen LogP contribution in [0.1, 0.15) is 164 Å². The normalized spacial score (nSPS) is 25.0. The first-order valence-electron chi connectivity index (χ1n) is 31.9. The molecule has 1 saturated heterocycles. The Bertz CT molecular complexity index is 2650. The first-order chi connectivity index (χ1) is 41.7. The largest absolute Gasteiger partial charge is 0.416 e. The Kier molecular flexibility index (Phi) is 29.7. The number of benzene rings is 1. The van der Waals surface area contributed by atoms with Crippen molar-refractivity contribution in [1.82, 2.24) is 55.6 Å². The number of hydrogen-bond acceptors (Lipinski definition) is 11. The number of rotatable bonds is 13. The quantitative estimate of drug-likeness (QED) is 0.198. The van der Waals surface area contributed by atoms with Gasteiger partial charge in [0.05, 0.1) is 25.2 Å². The highest BCUT2D eigenvalue weighted by molar-refractivity contribution is 5.98. The Morgan fingerprint density at radius 1 is 0.556 bits per heavy atom. The minimum Gasteiger partial charge on any atom is -0.343 e. The fourth-order valence-electron chi connectivity index (χ4n) is 11.3. The molecule has 8 atom stereocenters. The Hall–Kier alpha value is -6.82. The molecule has 0 radical (unpaired) electrons. The number of nitrogens with one attached hydrogen (secondary N) is 4. The molecule has 0 bridgehead atoms. The standard InChI is InChI=1S/C65H106F3N11O11/c1-19-42(8)56-62(89)75(14)37-54(82)73(12)38-55(83)78(17)51(35-45-23-21-20-22-24-45)61(88)74(13)36-52(80)69-47(30-27-44-25-28-46(29-26-44)65(66,67)68)57(84)70-49(32-40(4)5)60(87)79(18)64(10,11)63(90)71-48(31-39(2)3)59(86)76(15)43(9)34-53(81)77(16)50(33-41(6)7)58(85)72-56/h25-26,28-29,39-43,45,47-51,56H,19-24,27,30-38H2,1-18H3,(H,69,80)(H,70,84)(H,71,90)(H,72,85)/t42-,43+,47-,48-,49+,50-,51-,56-/m0/s1. The first-order valence-corrected chi connectivity index (χ1v) is 31.9. The third-order valence-corrected chi connectivity index (χ3v) is 17.9. The van der Waals surface area contributed by atoms with E-state index in [2.05, 4.69) is 21.3 Å². The Labute approximate surface area is 532 Å². The Morgan fingerprint density at radius 2 is 1.08 bits per heavy atom. The van der Waals surface area contributed by atoms with Gasteiger partial charge in [-0.3, -0.25) is 52.7 Å². The van der Waals surface area contributed by atoms with Crippen LogP contribution >= 0.6 is 0 Å². The van der Waals surface area contributed by atoms with Crippen molar-refractivity contribution >= 4 is 65.0 Å². The molecule has 2 aliphatic rings. The van der Waals surface area contributed by atoms with E-state index in [-0.39, 0.29) is 68.6 Å². The van der Waals surface area contributed by atoms with E-state index in [1.165, 1.54) is 90.0 Å². The summed E-state index contributed by atoms with van der Waals surface area (Å²) in [5, 5.41) is 11.2. The zero-order chi connectivity index (χ0) is 68.4. The molecule has 1 aromatic carbocycles. The van der Waals surface area contributed by atoms with Crippen molar-refractivity contribution < 1.29 is 65.9 Å². The van der Waals surface area contributed by atoms with E-state index in [4.69, 9.17) is 0 Å². The molecule has 1 aromatic rings. The molecule has 0 aromatic heterocycles. The van der Waals surface area contributed by atoms with Gasteiger partial charge >= 0.3 is 6.18 Å². The zero-order valence-corrected chi connectivity index (χ0v) is 56.8. The van der Waals surface area contributed by atoms with Gasteiger partial charge in [0.2, 0.25) is 65.0 Å². The predicted molar refractivity (Wildman–Crippen MR) is 336 cm³/mol. The molecular weight excluding hydrogens is 1170 g/mol. The van der Waals surface area contributed by atoms with Crippen molar-refractivity contribution in [1.29, 1.82) is 0 Å². The molecule has 11 amide bonds. The molecule has 1 aliphatic heterocycles. The van der Waals surface area contributed by atoms with Gasteiger partial charge in [-0.1, -0.05) is 106 Å². The molecule has 1 saturated carbocycles. The van der Waals surface area contributed by atoms with Gasteiger partial charge in [-0.2, -0.15) is 13.2 Å². The number of alkyl halides is 3. The summed E-state index contributed by atoms with van der Waals surface area (Å²) in [6, 6.07) is -3.66. The highest BCUT2D eigenvalue weighted by Gasteiger charge is 2.43. The van der Waals surface area contributed by atoms with Gasteiger partial charge in [0.1, 0.15) is 41.8 Å². The summed E-state index contributed by atoms with van der Waals surface area (Å²) >= 11 is 0. The van der Waals surface area contributed by atoms with Crippen LogP contribution < -0.4 is 21.3 Å². The minimum absolute atomic E-state index is 0.0196. The summed E-state index contributed by atoms with van der Waals surface area (Å²) in [5.41, 5.74) is -2.17. The maximum Gasteiger partial charge on any atom is 0.416 e. The first kappa shape index (κ1) is 77.4. The van der Waals surface area contributed by atoms with Crippen molar-refractivity contribution in [3.8, 4) is 0 Å². The van der Waals surface area contributed by atoms with Crippen LogP contribution in [0.2, 0.25) is 0 Å². The highest BCUT2D eigenvalue weighted by atomic mass is 19.4. The van der Waals surface area contributed by atoms with E-state index in [0.717, 1.165) is 63.8 Å². The van der Waals surface area contributed by atoms with Crippen LogP contribution in [0.15, 0.2) is 24.3 Å². The summed E-state index contributed by atoms with van der Waals surface area (Å²) < 4.78 is 40.7. The van der Waals surface area contributed by atoms with Crippen LogP contribution in [0.5, 0.6) is 0 Å². The summed E-state index contributed by atoms with van der Waals surface area (Å²) in [4.78, 5) is 167. The maximum atomic E-state index is 14.8. The van der Waals surface area contributed by atoms with Gasteiger partial charge in [0, 0.05) is 61.8 Å². The van der Waals surface area contributed by atoms with E-state index < -0.39 is 150 Å². The van der Waals surface area contributed by atoms with Crippen molar-refractivity contribution in [3.63, 3.8) is 0 Å². The Morgan fingerprint density at radius 3 is 1.61 bits per heavy atom. The van der Waals surface area contributed by atoms with Gasteiger partial charge in [0.25, 0.3) is 0 Å². The van der Waals surface area contributed by atoms with E-state index in [1.54, 1.807) is 13.8 Å². The van der Waals surface area contributed by atoms with Crippen LogP contribution in [-0.2, 0) is 65.3 Å². The number of likely N-dealkylation sites (N-methyl/N-ethyl adjacent to an activating group) is 7. The second-order valence-electron chi connectivity index (χ2n) is 27.1. The number of halogens is 3. The Balaban J connectivity index is 2.20. The highest BCUT2D eigenvalue weighted by Crippen LogP contribution is 2.31. The fraction of sp³-hybridized carbons (Fsp3) is 0.738. The lowest BCUT2D eigenvalue weighted by atomic mass is 9.84. The van der Waals surface area contributed by atoms with Crippen molar-refractivity contribution in [2.45, 2.75) is 214 Å². The molecule has 2 fully saturated rings. The van der Waals surface area contributed by atoms with Crippen LogP contribution in [0.4, 0.5) is 13.2 Å². The van der Waals surface area contributed by atoms with Gasteiger partial charge in [0.15, 0.2) is 0 Å². The number of nitrogens with zero attached hydrogens (tertiary/aromatic N) is 7. The third kappa shape index (κ3) is 22.5. The second-order valence-corrected chi connectivity index (χ2v) is 27.1. The molecular formula is C65H106F3N11O11. The molecule has 25 heteroatoms. The van der Waals surface area contributed by atoms with Gasteiger partial charge in [-0.15, -0.1) is 0 Å². The molecule has 3 rings (SSSR count). The zero-order valence-electron chi connectivity index (χ0n) is 56.8. The van der Waals surface area contributed by atoms with Crippen molar-refractivity contribution in [2.75, 3.05) is 69.0 Å². The van der Waals surface area contributed by atoms with Gasteiger partial charge < -0.3 is 55.6 Å². The van der Waals surface area contributed by atoms with E-state index in [1.807, 2.05) is 48.5 Å². The molecule has 1 aliphatic carbocycles. The molecule has 22 nitrogen and oxygen atoms in total. The molecule has 1 heterocycles. The number of carbonyl (C=O) groups excluding carboxylic acids is 11. The molecule has 508 valence electrons. The number of aryl methyl sites for hydroxylation is 1. The monoisotopic (exact) mass is 1270 g/mol. The third-order valence-electron chi connectivity index (χ3n) is 17.9. The fourth-order valence-corrected chi connectivity index (χ4v) is 11.3. The van der Waals surface area contributed by atoms with E-state index in [0.29, 0.717) is 12.0 Å². The second kappa shape index (κ2) is 34.6. The van der Waals surface area contributed by atoms with Gasteiger partial charge in [-0.05, 0) is 107 Å². The maximum absolute atomic E-state index is 14.8. The lowest BCUT2D eigenvalue weighted by Crippen LogP contribution is -2.63. The number of carbonyl (C=O) groups is 11. The van der Waals surface area contributed by atoms with Crippen LogP contribution in [0.3, 0.4) is 0 Å². The average molecular weight is 1270 g/mol. The predicted octanol–water partition coefficient (Wildman–Crippen LogP) is 5.25. The number of amides is 11. The molecule has 0 spiro atoms. The smallest absolute Gasteiger partial charge is 0.343 e. The van der Waals surface area contributed by atoms with Crippen LogP contribution in [0, 0.1) is 29.6 Å². The summed E-state index contributed by atoms with van der Waals surface area (Å²) in [5.74, 6) is -8.06. The lowest BCUT2D eigenvalue weighted by molar-refractivity contribution is -0.149. The average Bonchev–Trinajstić information content (AvgIpc) is 0.890. The van der Waals surface area contributed by atoms with Crippen molar-refractivity contribution in [3.05, 3.63) is 35.4 Å². The van der Waals surface area contributed by atoms with Gasteiger partial charge in [-0.25, -0.2) is 0 Å². The van der Waals surface area contributed by atoms with Crippen molar-refractivity contribution in [2.24, 2.45) is 29.6 Å². The van der Waals surface area contributed by atoms with Crippen LogP contribution in [0.25, 0.3) is 0 Å². The summed E-state index contributed by atoms with van der Waals surface area (Å²) in [6.07, 6.45) is 0.405. The number of hydrogen-bond donors (Lipinski definition) is 4. The SMILES string of the molecule is CC[C@H](C)[C@@H]1NC(=O)[C@H](CC(C)C)N(C)C(=O)C[C@@H](C)N(C)C(=O)[C@H](CC(C)C)NC(=O)C(C)(C)N(C)C(=O)[C@@H](CC(C)C)NC(=O)[C@H](CCc2ccc(C(F)(F)F)cc2)NC(=O)CN(C)C(=O)[C@H](CC2CCCCC2)N(C)C(=O)CN(C)C(=O)CN(C)C1=O. The van der Waals surface area contributed by atoms with E-state index >= 15 is 0 Å². The summed E-state index contributed by atoms with van der Waals surface area (Å²) in [6.45, 7) is 17.7. The minimum atomic E-state index is -4.61. The summed E-state index contributed by atoms with van der Waals surface area (Å²) in [7, 11) is 9.94. The van der Waals surface area contributed by atoms with Crippen LogP contribution in [-0.4, -0.2) is 216 Å². The molecule has 90 heavy (non-hydrogen) atoms. The lowest BCUT2D eigenvalue weighted by Gasteiger charge is -2.39.